The van der Waals surface area contributed by atoms with Crippen LogP contribution in [0.2, 0.25) is 0 Å². The van der Waals surface area contributed by atoms with Crippen LogP contribution in [0.25, 0.3) is 12.2 Å². The molecule has 158 valence electrons. The summed E-state index contributed by atoms with van der Waals surface area (Å²) in [4.78, 5) is 0. The molecule has 2 heterocycles. The van der Waals surface area contributed by atoms with Gasteiger partial charge >= 0.3 is 0 Å². The molecule has 0 bridgehead atoms. The fourth-order valence-corrected chi connectivity index (χ4v) is 4.82. The molecule has 0 fully saturated rings. The van der Waals surface area contributed by atoms with E-state index in [0.717, 1.165) is 82.8 Å². The van der Waals surface area contributed by atoms with Gasteiger partial charge in [-0.2, -0.15) is 0 Å². The second-order valence-corrected chi connectivity index (χ2v) is 8.63. The molecule has 2 aliphatic heterocycles. The Morgan fingerprint density at radius 1 is 0.839 bits per heavy atom. The van der Waals surface area contributed by atoms with Gasteiger partial charge in [0.05, 0.1) is 0 Å². The van der Waals surface area contributed by atoms with Crippen LogP contribution in [0.4, 0.5) is 11.4 Å². The van der Waals surface area contributed by atoms with Crippen LogP contribution in [-0.2, 0) is 12.8 Å². The molecule has 3 aromatic carbocycles. The summed E-state index contributed by atoms with van der Waals surface area (Å²) in [6.07, 6.45) is 4.16. The molecule has 0 atom stereocenters. The second kappa shape index (κ2) is 7.69. The number of anilines is 2. The van der Waals surface area contributed by atoms with Gasteiger partial charge in [-0.05, 0) is 95.6 Å². The molecule has 3 aromatic rings. The van der Waals surface area contributed by atoms with Crippen molar-refractivity contribution in [2.75, 3.05) is 23.7 Å². The van der Waals surface area contributed by atoms with Gasteiger partial charge in [0.25, 0.3) is 0 Å². The first kappa shape index (κ1) is 19.6. The highest BCUT2D eigenvalue weighted by Gasteiger charge is 2.20. The number of phenolic OH excluding ortho intramolecular Hbond substituents is 2. The number of benzene rings is 3. The highest BCUT2D eigenvalue weighted by molar-refractivity contribution is 5.86. The third-order valence-electron chi connectivity index (χ3n) is 6.46. The first-order chi connectivity index (χ1) is 15.0. The molecule has 2 aliphatic rings. The van der Waals surface area contributed by atoms with E-state index < -0.39 is 0 Å². The predicted octanol–water partition coefficient (Wildman–Crippen LogP) is 3.78. The average Bonchev–Trinajstić information content (AvgIpc) is 2.77. The standard InChI is InChI=1S/C27H28N2O2/c1-16-7-8-20(30)14-22(16)27(21-12-18-5-3-9-28-24(18)11-17(21)2)23-13-19-6-4-10-29-25(19)15-26(23)31/h7-8,11-15,28-31H,2-6,9-10H2,1H3/b27-21-. The van der Waals surface area contributed by atoms with E-state index in [0.29, 0.717) is 0 Å². The number of aryl methyl sites for hydroxylation is 3. The van der Waals surface area contributed by atoms with Crippen LogP contribution < -0.4 is 21.1 Å². The lowest BCUT2D eigenvalue weighted by molar-refractivity contribution is 0.472. The Morgan fingerprint density at radius 2 is 1.52 bits per heavy atom. The Bertz CT molecular complexity index is 1290. The lowest BCUT2D eigenvalue weighted by Gasteiger charge is -2.22. The van der Waals surface area contributed by atoms with Crippen molar-refractivity contribution in [2.24, 2.45) is 0 Å². The fraction of sp³-hybridized carbons (Fsp3) is 0.259. The monoisotopic (exact) mass is 412 g/mol. The lowest BCUT2D eigenvalue weighted by Crippen LogP contribution is -2.30. The van der Waals surface area contributed by atoms with Crippen molar-refractivity contribution in [2.45, 2.75) is 32.6 Å². The van der Waals surface area contributed by atoms with Crippen LogP contribution in [0.3, 0.4) is 0 Å². The molecule has 0 aliphatic carbocycles. The van der Waals surface area contributed by atoms with Gasteiger partial charge < -0.3 is 20.8 Å². The second-order valence-electron chi connectivity index (χ2n) is 8.63. The minimum atomic E-state index is 0.211. The van der Waals surface area contributed by atoms with E-state index in [2.05, 4.69) is 35.4 Å². The highest BCUT2D eigenvalue weighted by Crippen LogP contribution is 2.37. The number of hydrogen-bond donors (Lipinski definition) is 4. The highest BCUT2D eigenvalue weighted by atomic mass is 16.3. The molecule has 0 amide bonds. The normalized spacial score (nSPS) is 15.9. The molecule has 4 N–H and O–H groups in total. The first-order valence-corrected chi connectivity index (χ1v) is 11.0. The first-order valence-electron chi connectivity index (χ1n) is 11.0. The van der Waals surface area contributed by atoms with Crippen LogP contribution >= 0.6 is 0 Å². The van der Waals surface area contributed by atoms with E-state index in [1.165, 1.54) is 11.1 Å². The molecule has 0 saturated heterocycles. The molecule has 0 saturated carbocycles. The molecule has 4 nitrogen and oxygen atoms in total. The van der Waals surface area contributed by atoms with E-state index >= 15 is 0 Å². The lowest BCUT2D eigenvalue weighted by atomic mass is 9.87. The van der Waals surface area contributed by atoms with Gasteiger partial charge in [-0.25, -0.2) is 0 Å². The number of aromatic hydroxyl groups is 2. The third kappa shape index (κ3) is 3.52. The Morgan fingerprint density at radius 3 is 2.26 bits per heavy atom. The molecule has 0 radical (unpaired) electrons. The van der Waals surface area contributed by atoms with E-state index in [9.17, 15) is 10.2 Å². The van der Waals surface area contributed by atoms with Crippen molar-refractivity contribution in [1.82, 2.24) is 0 Å². The van der Waals surface area contributed by atoms with Gasteiger partial charge in [0.15, 0.2) is 0 Å². The summed E-state index contributed by atoms with van der Waals surface area (Å²) >= 11 is 0. The quantitative estimate of drug-likeness (QED) is 0.517. The number of rotatable bonds is 2. The maximum Gasteiger partial charge on any atom is 0.125 e. The van der Waals surface area contributed by atoms with Crippen molar-refractivity contribution < 1.29 is 10.2 Å². The van der Waals surface area contributed by atoms with Gasteiger partial charge in [-0.3, -0.25) is 0 Å². The largest absolute Gasteiger partial charge is 0.508 e. The zero-order chi connectivity index (χ0) is 21.5. The molecule has 0 unspecified atom stereocenters. The Balaban J connectivity index is 1.88. The van der Waals surface area contributed by atoms with Crippen LogP contribution in [0.1, 0.15) is 40.7 Å². The molecule has 31 heavy (non-hydrogen) atoms. The van der Waals surface area contributed by atoms with Crippen LogP contribution in [-0.4, -0.2) is 23.3 Å². The van der Waals surface area contributed by atoms with E-state index in [-0.39, 0.29) is 11.5 Å². The van der Waals surface area contributed by atoms with Crippen LogP contribution in [0.15, 0.2) is 42.5 Å². The smallest absolute Gasteiger partial charge is 0.125 e. The van der Waals surface area contributed by atoms with Crippen molar-refractivity contribution in [3.63, 3.8) is 0 Å². The van der Waals surface area contributed by atoms with Crippen molar-refractivity contribution in [3.8, 4) is 11.5 Å². The summed E-state index contributed by atoms with van der Waals surface area (Å²) in [5, 5.41) is 30.2. The summed E-state index contributed by atoms with van der Waals surface area (Å²) < 4.78 is 0. The third-order valence-corrected chi connectivity index (χ3v) is 6.46. The van der Waals surface area contributed by atoms with E-state index in [4.69, 9.17) is 0 Å². The zero-order valence-corrected chi connectivity index (χ0v) is 17.9. The van der Waals surface area contributed by atoms with Crippen LogP contribution in [0, 0.1) is 6.92 Å². The minimum Gasteiger partial charge on any atom is -0.508 e. The summed E-state index contributed by atoms with van der Waals surface area (Å²) in [5.41, 5.74) is 8.27. The molecular formula is C27H28N2O2. The topological polar surface area (TPSA) is 64.5 Å². The molecule has 5 rings (SSSR count). The van der Waals surface area contributed by atoms with Gasteiger partial charge in [0, 0.05) is 41.7 Å². The number of nitrogens with one attached hydrogen (secondary N) is 2. The summed E-state index contributed by atoms with van der Waals surface area (Å²) in [6.45, 7) is 8.29. The van der Waals surface area contributed by atoms with Crippen molar-refractivity contribution in [1.29, 1.82) is 0 Å². The maximum absolute atomic E-state index is 11.1. The molecule has 4 heteroatoms. The zero-order valence-electron chi connectivity index (χ0n) is 17.9. The van der Waals surface area contributed by atoms with E-state index in [1.54, 1.807) is 12.1 Å². The van der Waals surface area contributed by atoms with Crippen molar-refractivity contribution >= 4 is 23.5 Å². The van der Waals surface area contributed by atoms with Gasteiger partial charge in [0.2, 0.25) is 0 Å². The average molecular weight is 413 g/mol. The minimum absolute atomic E-state index is 0.211. The van der Waals surface area contributed by atoms with E-state index in [1.807, 2.05) is 19.1 Å². The van der Waals surface area contributed by atoms with Gasteiger partial charge in [0.1, 0.15) is 11.5 Å². The van der Waals surface area contributed by atoms with Gasteiger partial charge in [-0.1, -0.05) is 12.6 Å². The van der Waals surface area contributed by atoms with Crippen LogP contribution in [0.5, 0.6) is 11.5 Å². The molecule has 0 aromatic heterocycles. The number of phenols is 2. The predicted molar refractivity (Wildman–Crippen MR) is 127 cm³/mol. The summed E-state index contributed by atoms with van der Waals surface area (Å²) in [5.74, 6) is 0.448. The maximum atomic E-state index is 11.1. The molecular weight excluding hydrogens is 384 g/mol. The SMILES string of the molecule is C=c1cc2c(c/c1=C(\c1cc(O)ccc1C)c1cc3c(cc1O)NCCC3)CCCN2. The molecule has 0 spiro atoms. The van der Waals surface area contributed by atoms with Gasteiger partial charge in [-0.15, -0.1) is 0 Å². The van der Waals surface area contributed by atoms with Crippen molar-refractivity contribution in [3.05, 3.63) is 80.7 Å². The Labute approximate surface area is 182 Å². The summed E-state index contributed by atoms with van der Waals surface area (Å²) in [6, 6.07) is 13.7. The Kier molecular flexibility index (Phi) is 4.85. The summed E-state index contributed by atoms with van der Waals surface area (Å²) in [7, 11) is 0. The Hall–Kier alpha value is -3.40. The fourth-order valence-electron chi connectivity index (χ4n) is 4.82. The number of fused-ring (bicyclic) bond motifs is 2. The number of hydrogen-bond acceptors (Lipinski definition) is 4.